The van der Waals surface area contributed by atoms with E-state index in [-0.39, 0.29) is 12.2 Å². The fourth-order valence-corrected chi connectivity index (χ4v) is 5.56. The average Bonchev–Trinajstić information content (AvgIpc) is 3.37. The number of aliphatic hydroxyl groups excluding tert-OH is 1. The molecule has 0 spiro atoms. The number of benzene rings is 3. The Morgan fingerprint density at radius 1 is 1.09 bits per heavy atom. The second kappa shape index (κ2) is 9.04. The number of anilines is 1. The number of thiazole rings is 1. The first-order chi connectivity index (χ1) is 16.5. The van der Waals surface area contributed by atoms with Crippen molar-refractivity contribution < 1.29 is 19.4 Å². The lowest BCUT2D eigenvalue weighted by Crippen LogP contribution is -2.31. The van der Waals surface area contributed by atoms with Crippen LogP contribution in [0.2, 0.25) is 0 Å². The standard InChI is InChI=1S/C26H19BrN2O4S/c1-2-33-25(32)21-22(17-10-8-16(9-11-17)15-6-4-3-5-7-15)29(24(31)23(21)30)26-28-19-13-12-18(27)14-20(19)34-26/h3-14,22,30H,2H2,1H3. The van der Waals surface area contributed by atoms with Gasteiger partial charge in [-0.1, -0.05) is 81.9 Å². The van der Waals surface area contributed by atoms with Crippen LogP contribution in [0.25, 0.3) is 21.3 Å². The van der Waals surface area contributed by atoms with Crippen LogP contribution in [0, 0.1) is 0 Å². The van der Waals surface area contributed by atoms with E-state index < -0.39 is 23.7 Å². The molecule has 8 heteroatoms. The summed E-state index contributed by atoms with van der Waals surface area (Å²) in [6.45, 7) is 1.80. The monoisotopic (exact) mass is 534 g/mol. The maximum absolute atomic E-state index is 13.2. The van der Waals surface area contributed by atoms with Gasteiger partial charge in [0.15, 0.2) is 10.9 Å². The molecule has 1 aromatic heterocycles. The number of carbonyl (C=O) groups is 2. The van der Waals surface area contributed by atoms with Gasteiger partial charge in [0, 0.05) is 4.47 Å². The number of halogens is 1. The summed E-state index contributed by atoms with van der Waals surface area (Å²) in [4.78, 5) is 32.0. The number of aromatic nitrogens is 1. The van der Waals surface area contributed by atoms with Gasteiger partial charge in [-0.3, -0.25) is 9.69 Å². The molecule has 170 valence electrons. The normalized spacial score (nSPS) is 15.9. The molecule has 0 bridgehead atoms. The molecule has 1 amide bonds. The van der Waals surface area contributed by atoms with Crippen molar-refractivity contribution in [2.24, 2.45) is 0 Å². The zero-order valence-electron chi connectivity index (χ0n) is 18.1. The molecule has 0 saturated heterocycles. The Bertz CT molecular complexity index is 1430. The van der Waals surface area contributed by atoms with Crippen LogP contribution < -0.4 is 4.90 Å². The molecule has 5 rings (SSSR count). The van der Waals surface area contributed by atoms with Gasteiger partial charge in [-0.2, -0.15) is 0 Å². The number of fused-ring (bicyclic) bond motifs is 1. The molecule has 0 aliphatic carbocycles. The number of ether oxygens (including phenoxy) is 1. The van der Waals surface area contributed by atoms with Crippen molar-refractivity contribution in [2.75, 3.05) is 11.5 Å². The summed E-state index contributed by atoms with van der Waals surface area (Å²) in [5.74, 6) is -2.02. The van der Waals surface area contributed by atoms with Crippen LogP contribution in [0.4, 0.5) is 5.13 Å². The van der Waals surface area contributed by atoms with E-state index in [2.05, 4.69) is 20.9 Å². The Hall–Kier alpha value is -3.49. The highest BCUT2D eigenvalue weighted by atomic mass is 79.9. The fourth-order valence-electron chi connectivity index (χ4n) is 4.01. The lowest BCUT2D eigenvalue weighted by atomic mass is 9.96. The van der Waals surface area contributed by atoms with E-state index in [0.29, 0.717) is 10.7 Å². The van der Waals surface area contributed by atoms with Crippen molar-refractivity contribution in [3.63, 3.8) is 0 Å². The Labute approximate surface area is 208 Å². The van der Waals surface area contributed by atoms with E-state index in [9.17, 15) is 14.7 Å². The molecule has 0 saturated carbocycles. The largest absolute Gasteiger partial charge is 0.503 e. The predicted molar refractivity (Wildman–Crippen MR) is 136 cm³/mol. The number of nitrogens with zero attached hydrogens (tertiary/aromatic N) is 2. The van der Waals surface area contributed by atoms with E-state index in [1.54, 1.807) is 6.92 Å². The molecule has 1 unspecified atom stereocenters. The maximum Gasteiger partial charge on any atom is 0.340 e. The minimum atomic E-state index is -0.861. The van der Waals surface area contributed by atoms with Crippen molar-refractivity contribution >= 4 is 54.5 Å². The zero-order valence-corrected chi connectivity index (χ0v) is 20.5. The molecule has 34 heavy (non-hydrogen) atoms. The minimum absolute atomic E-state index is 0.0836. The Morgan fingerprint density at radius 3 is 2.50 bits per heavy atom. The molecule has 3 aromatic carbocycles. The third kappa shape index (κ3) is 3.89. The van der Waals surface area contributed by atoms with Crippen LogP contribution in [-0.4, -0.2) is 28.6 Å². The van der Waals surface area contributed by atoms with E-state index in [1.807, 2.05) is 72.8 Å². The number of hydrogen-bond donors (Lipinski definition) is 1. The summed E-state index contributed by atoms with van der Waals surface area (Å²) in [6, 6.07) is 22.3. The fraction of sp³-hybridized carbons (Fsp3) is 0.115. The molecule has 2 heterocycles. The van der Waals surface area contributed by atoms with Gasteiger partial charge in [0.25, 0.3) is 5.91 Å². The molecule has 1 N–H and O–H groups in total. The molecule has 6 nitrogen and oxygen atoms in total. The van der Waals surface area contributed by atoms with Crippen molar-refractivity contribution in [3.05, 3.63) is 94.2 Å². The highest BCUT2D eigenvalue weighted by molar-refractivity contribution is 9.10. The average molecular weight is 535 g/mol. The Kier molecular flexibility index (Phi) is 5.93. The topological polar surface area (TPSA) is 79.7 Å². The first-order valence-corrected chi connectivity index (χ1v) is 12.2. The number of aliphatic hydroxyl groups is 1. The number of rotatable bonds is 5. The predicted octanol–water partition coefficient (Wildman–Crippen LogP) is 6.19. The number of carbonyl (C=O) groups excluding carboxylic acids is 2. The van der Waals surface area contributed by atoms with Crippen LogP contribution in [0.5, 0.6) is 0 Å². The van der Waals surface area contributed by atoms with Gasteiger partial charge in [-0.15, -0.1) is 0 Å². The van der Waals surface area contributed by atoms with Crippen LogP contribution in [0.3, 0.4) is 0 Å². The molecular weight excluding hydrogens is 516 g/mol. The molecule has 4 aromatic rings. The smallest absolute Gasteiger partial charge is 0.340 e. The first kappa shape index (κ1) is 22.3. The minimum Gasteiger partial charge on any atom is -0.503 e. The molecule has 1 aliphatic heterocycles. The van der Waals surface area contributed by atoms with Crippen molar-refractivity contribution in [1.29, 1.82) is 0 Å². The number of hydrogen-bond acceptors (Lipinski definition) is 6. The van der Waals surface area contributed by atoms with Gasteiger partial charge >= 0.3 is 5.97 Å². The number of esters is 1. The quantitative estimate of drug-likeness (QED) is 0.309. The Morgan fingerprint density at radius 2 is 1.79 bits per heavy atom. The summed E-state index contributed by atoms with van der Waals surface area (Å²) in [5, 5.41) is 11.1. The van der Waals surface area contributed by atoms with Crippen LogP contribution in [0.15, 0.2) is 88.6 Å². The molecule has 0 fully saturated rings. The van der Waals surface area contributed by atoms with E-state index in [1.165, 1.54) is 16.2 Å². The van der Waals surface area contributed by atoms with E-state index >= 15 is 0 Å². The van der Waals surface area contributed by atoms with Crippen molar-refractivity contribution in [2.45, 2.75) is 13.0 Å². The summed E-state index contributed by atoms with van der Waals surface area (Å²) < 4.78 is 6.96. The summed E-state index contributed by atoms with van der Waals surface area (Å²) in [5.41, 5.74) is 3.35. The SMILES string of the molecule is CCOC(=O)C1=C(O)C(=O)N(c2nc3ccc(Br)cc3s2)C1c1ccc(-c2ccccc2)cc1. The third-order valence-electron chi connectivity index (χ3n) is 5.58. The molecular formula is C26H19BrN2O4S. The highest BCUT2D eigenvalue weighted by Gasteiger charge is 2.46. The number of amides is 1. The maximum atomic E-state index is 13.2. The van der Waals surface area contributed by atoms with Crippen LogP contribution in [-0.2, 0) is 14.3 Å². The van der Waals surface area contributed by atoms with Gasteiger partial charge < -0.3 is 9.84 Å². The summed E-state index contributed by atoms with van der Waals surface area (Å²) >= 11 is 4.77. The zero-order chi connectivity index (χ0) is 23.8. The van der Waals surface area contributed by atoms with Gasteiger partial charge in [-0.05, 0) is 41.8 Å². The molecule has 0 radical (unpaired) electrons. The lowest BCUT2D eigenvalue weighted by Gasteiger charge is -2.24. The summed E-state index contributed by atoms with van der Waals surface area (Å²) in [6.07, 6.45) is 0. The van der Waals surface area contributed by atoms with Gasteiger partial charge in [0.2, 0.25) is 0 Å². The van der Waals surface area contributed by atoms with Crippen LogP contribution in [0.1, 0.15) is 18.5 Å². The van der Waals surface area contributed by atoms with Gasteiger partial charge in [0.05, 0.1) is 16.8 Å². The first-order valence-electron chi connectivity index (χ1n) is 10.6. The molecule has 1 atom stereocenters. The van der Waals surface area contributed by atoms with Gasteiger partial charge in [0.1, 0.15) is 11.6 Å². The van der Waals surface area contributed by atoms with Crippen molar-refractivity contribution in [3.8, 4) is 11.1 Å². The summed E-state index contributed by atoms with van der Waals surface area (Å²) in [7, 11) is 0. The van der Waals surface area contributed by atoms with Crippen molar-refractivity contribution in [1.82, 2.24) is 4.98 Å². The second-order valence-corrected chi connectivity index (χ2v) is 9.58. The van der Waals surface area contributed by atoms with Crippen LogP contribution >= 0.6 is 27.3 Å². The molecule has 1 aliphatic rings. The highest BCUT2D eigenvalue weighted by Crippen LogP contribution is 2.44. The Balaban J connectivity index is 1.62. The van der Waals surface area contributed by atoms with E-state index in [4.69, 9.17) is 4.74 Å². The van der Waals surface area contributed by atoms with E-state index in [0.717, 1.165) is 25.8 Å². The van der Waals surface area contributed by atoms with Gasteiger partial charge in [-0.25, -0.2) is 9.78 Å². The second-order valence-electron chi connectivity index (χ2n) is 7.66. The lowest BCUT2D eigenvalue weighted by molar-refractivity contribution is -0.139. The third-order valence-corrected chi connectivity index (χ3v) is 7.09.